The first-order chi connectivity index (χ1) is 8.61. The fraction of sp³-hybridized carbons (Fsp3) is 0.333. The number of nitrogens with zero attached hydrogens (tertiary/aromatic N) is 1. The second-order valence-corrected chi connectivity index (χ2v) is 5.19. The summed E-state index contributed by atoms with van der Waals surface area (Å²) in [4.78, 5) is 18.5. The van der Waals surface area contributed by atoms with Crippen molar-refractivity contribution in [2.24, 2.45) is 0 Å². The molecule has 0 bridgehead atoms. The molecule has 0 saturated heterocycles. The van der Waals surface area contributed by atoms with Gasteiger partial charge in [-0.3, -0.25) is 9.78 Å². The molecule has 5 nitrogen and oxygen atoms in total. The molecule has 2 aromatic rings. The Labute approximate surface area is 109 Å². The van der Waals surface area contributed by atoms with Crippen molar-refractivity contribution >= 4 is 34.3 Å². The lowest BCUT2D eigenvalue weighted by Gasteiger charge is -2.07. The molecular weight excluding hydrogens is 248 g/mol. The fourth-order valence-corrected chi connectivity index (χ4v) is 2.67. The van der Waals surface area contributed by atoms with Crippen molar-refractivity contribution in [2.45, 2.75) is 19.1 Å². The maximum Gasteiger partial charge on any atom is 0.260 e. The molecule has 0 aliphatic rings. The molecule has 1 aromatic carbocycles. The Morgan fingerprint density at radius 1 is 1.39 bits per heavy atom. The second kappa shape index (κ2) is 5.30. The maximum atomic E-state index is 11.8. The zero-order chi connectivity index (χ0) is 13.1. The Morgan fingerprint density at radius 2 is 2.17 bits per heavy atom. The first-order valence-electron chi connectivity index (χ1n) is 5.77. The summed E-state index contributed by atoms with van der Waals surface area (Å²) in [6.45, 7) is 2.13. The van der Waals surface area contributed by atoms with Gasteiger partial charge in [-0.1, -0.05) is 6.92 Å². The molecule has 0 spiro atoms. The van der Waals surface area contributed by atoms with E-state index in [9.17, 15) is 4.79 Å². The quantitative estimate of drug-likeness (QED) is 0.577. The van der Waals surface area contributed by atoms with Gasteiger partial charge in [0.2, 0.25) is 5.95 Å². The van der Waals surface area contributed by atoms with Crippen LogP contribution in [0.25, 0.3) is 10.9 Å². The van der Waals surface area contributed by atoms with Gasteiger partial charge in [-0.15, -0.1) is 0 Å². The molecule has 0 aliphatic heterocycles. The van der Waals surface area contributed by atoms with Gasteiger partial charge in [-0.05, 0) is 29.9 Å². The molecule has 1 heterocycles. The van der Waals surface area contributed by atoms with Crippen LogP contribution in [0, 0.1) is 0 Å². The molecule has 96 valence electrons. The highest BCUT2D eigenvalue weighted by molar-refractivity contribution is 7.98. The average Bonchev–Trinajstić information content (AvgIpc) is 2.31. The number of aromatic amines is 1. The van der Waals surface area contributed by atoms with Crippen LogP contribution in [0.3, 0.4) is 0 Å². The third kappa shape index (κ3) is 2.59. The molecule has 0 saturated carbocycles. The van der Waals surface area contributed by atoms with Gasteiger partial charge in [0.05, 0.1) is 10.9 Å². The van der Waals surface area contributed by atoms with Crippen LogP contribution in [0.15, 0.2) is 16.9 Å². The topological polar surface area (TPSA) is 97.8 Å². The van der Waals surface area contributed by atoms with Gasteiger partial charge in [-0.25, -0.2) is 4.98 Å². The highest BCUT2D eigenvalue weighted by atomic mass is 32.2. The average molecular weight is 264 g/mol. The van der Waals surface area contributed by atoms with Gasteiger partial charge in [0, 0.05) is 11.4 Å². The van der Waals surface area contributed by atoms with Crippen molar-refractivity contribution in [3.05, 3.63) is 28.0 Å². The first-order valence-corrected chi connectivity index (χ1v) is 6.93. The van der Waals surface area contributed by atoms with Crippen LogP contribution in [0.4, 0.5) is 11.6 Å². The maximum absolute atomic E-state index is 11.8. The lowest BCUT2D eigenvalue weighted by Crippen LogP contribution is -2.12. The normalized spacial score (nSPS) is 10.9. The van der Waals surface area contributed by atoms with Crippen LogP contribution in [0.2, 0.25) is 0 Å². The predicted molar refractivity (Wildman–Crippen MR) is 77.6 cm³/mol. The van der Waals surface area contributed by atoms with E-state index < -0.39 is 0 Å². The van der Waals surface area contributed by atoms with E-state index in [1.807, 2.05) is 6.07 Å². The number of thioether (sulfide) groups is 1. The molecule has 0 aliphatic carbocycles. The third-order valence-corrected chi connectivity index (χ3v) is 3.75. The monoisotopic (exact) mass is 264 g/mol. The Hall–Kier alpha value is -1.69. The number of hydrogen-bond donors (Lipinski definition) is 3. The Morgan fingerprint density at radius 3 is 2.89 bits per heavy atom. The van der Waals surface area contributed by atoms with Crippen LogP contribution in [0.1, 0.15) is 18.9 Å². The highest BCUT2D eigenvalue weighted by Gasteiger charge is 2.08. The molecule has 2 rings (SSSR count). The van der Waals surface area contributed by atoms with Crippen LogP contribution in [-0.4, -0.2) is 15.7 Å². The molecule has 18 heavy (non-hydrogen) atoms. The minimum Gasteiger partial charge on any atom is -0.399 e. The summed E-state index contributed by atoms with van der Waals surface area (Å²) in [7, 11) is 0. The van der Waals surface area contributed by atoms with E-state index in [4.69, 9.17) is 11.5 Å². The number of aromatic nitrogens is 2. The molecule has 0 atom stereocenters. The Kier molecular flexibility index (Phi) is 3.76. The summed E-state index contributed by atoms with van der Waals surface area (Å²) in [5.74, 6) is 1.99. The number of rotatable bonds is 4. The molecule has 0 amide bonds. The number of fused-ring (bicyclic) bond motifs is 1. The smallest absolute Gasteiger partial charge is 0.260 e. The van der Waals surface area contributed by atoms with Crippen LogP contribution in [0.5, 0.6) is 0 Å². The van der Waals surface area contributed by atoms with Gasteiger partial charge < -0.3 is 11.5 Å². The zero-order valence-corrected chi connectivity index (χ0v) is 11.0. The molecule has 1 aromatic heterocycles. The zero-order valence-electron chi connectivity index (χ0n) is 10.2. The van der Waals surface area contributed by atoms with Crippen molar-refractivity contribution in [3.63, 3.8) is 0 Å². The van der Waals surface area contributed by atoms with Crippen molar-refractivity contribution < 1.29 is 0 Å². The summed E-state index contributed by atoms with van der Waals surface area (Å²) < 4.78 is 0. The van der Waals surface area contributed by atoms with E-state index >= 15 is 0 Å². The standard InChI is InChI=1S/C12H16N4OS/c1-2-3-18-6-7-4-8(13)5-9-10(7)15-12(14)16-11(9)17/h4-5H,2-3,6,13H2,1H3,(H3,14,15,16,17). The number of benzene rings is 1. The molecule has 5 N–H and O–H groups in total. The van der Waals surface area contributed by atoms with E-state index in [0.29, 0.717) is 16.6 Å². The van der Waals surface area contributed by atoms with Crippen LogP contribution >= 0.6 is 11.8 Å². The van der Waals surface area contributed by atoms with Crippen LogP contribution in [-0.2, 0) is 5.75 Å². The first kappa shape index (κ1) is 12.8. The highest BCUT2D eigenvalue weighted by Crippen LogP contribution is 2.23. The second-order valence-electron chi connectivity index (χ2n) is 4.08. The minimum atomic E-state index is -0.244. The summed E-state index contributed by atoms with van der Waals surface area (Å²) in [6, 6.07) is 3.49. The number of nitrogens with two attached hydrogens (primary N) is 2. The van der Waals surface area contributed by atoms with E-state index in [-0.39, 0.29) is 11.5 Å². The van der Waals surface area contributed by atoms with Gasteiger partial charge in [0.1, 0.15) is 0 Å². The van der Waals surface area contributed by atoms with E-state index in [1.54, 1.807) is 17.8 Å². The van der Waals surface area contributed by atoms with Crippen molar-refractivity contribution in [1.82, 2.24) is 9.97 Å². The van der Waals surface area contributed by atoms with E-state index in [0.717, 1.165) is 23.5 Å². The minimum absolute atomic E-state index is 0.138. The molecule has 0 fully saturated rings. The van der Waals surface area contributed by atoms with Gasteiger partial charge in [0.15, 0.2) is 0 Å². The van der Waals surface area contributed by atoms with E-state index in [1.165, 1.54) is 0 Å². The van der Waals surface area contributed by atoms with Gasteiger partial charge >= 0.3 is 0 Å². The molecule has 0 radical (unpaired) electrons. The summed E-state index contributed by atoms with van der Waals surface area (Å²) in [5.41, 5.74) is 13.3. The Bertz CT molecular complexity index is 623. The summed E-state index contributed by atoms with van der Waals surface area (Å²) in [5, 5.41) is 0.497. The summed E-state index contributed by atoms with van der Waals surface area (Å²) in [6.07, 6.45) is 1.11. The number of anilines is 2. The third-order valence-electron chi connectivity index (χ3n) is 2.54. The number of nitrogen functional groups attached to an aromatic ring is 2. The lowest BCUT2D eigenvalue weighted by molar-refractivity contribution is 1.10. The van der Waals surface area contributed by atoms with Crippen LogP contribution < -0.4 is 17.0 Å². The van der Waals surface area contributed by atoms with Crippen molar-refractivity contribution in [2.75, 3.05) is 17.2 Å². The SMILES string of the molecule is CCCSCc1cc(N)cc2c(=O)[nH]c(N)nc12. The van der Waals surface area contributed by atoms with E-state index in [2.05, 4.69) is 16.9 Å². The van der Waals surface area contributed by atoms with Gasteiger partial charge in [0.25, 0.3) is 5.56 Å². The largest absolute Gasteiger partial charge is 0.399 e. The van der Waals surface area contributed by atoms with Gasteiger partial charge in [-0.2, -0.15) is 11.8 Å². The number of H-pyrrole nitrogens is 1. The Balaban J connectivity index is 2.53. The lowest BCUT2D eigenvalue weighted by atomic mass is 10.1. The number of nitrogens with one attached hydrogen (secondary N) is 1. The predicted octanol–water partition coefficient (Wildman–Crippen LogP) is 1.73. The summed E-state index contributed by atoms with van der Waals surface area (Å²) >= 11 is 1.79. The van der Waals surface area contributed by atoms with Crippen molar-refractivity contribution in [1.29, 1.82) is 0 Å². The van der Waals surface area contributed by atoms with Crippen molar-refractivity contribution in [3.8, 4) is 0 Å². The fourth-order valence-electron chi connectivity index (χ4n) is 1.79. The molecular formula is C12H16N4OS. The molecule has 0 unspecified atom stereocenters. The molecule has 6 heteroatoms. The number of hydrogen-bond acceptors (Lipinski definition) is 5.